The third kappa shape index (κ3) is 4.04. The zero-order chi connectivity index (χ0) is 15.6. The maximum atomic E-state index is 6.04. The van der Waals surface area contributed by atoms with E-state index in [1.165, 1.54) is 11.1 Å². The highest BCUT2D eigenvalue weighted by Gasteiger charge is 2.30. The molecule has 0 saturated carbocycles. The molecule has 20 heavy (non-hydrogen) atoms. The normalized spacial score (nSPS) is 22.0. The first-order valence-corrected chi connectivity index (χ1v) is 7.80. The molecule has 116 valence electrons. The molecule has 0 N–H and O–H groups in total. The van der Waals surface area contributed by atoms with E-state index in [0.717, 1.165) is 24.4 Å². The van der Waals surface area contributed by atoms with Crippen LogP contribution in [0.5, 0.6) is 0 Å². The van der Waals surface area contributed by atoms with Gasteiger partial charge in [-0.25, -0.2) is 0 Å². The molecule has 1 saturated heterocycles. The van der Waals surface area contributed by atoms with Crippen molar-refractivity contribution in [2.24, 2.45) is 10.8 Å². The largest absolute Gasteiger partial charge is 0.486 e. The molecule has 0 aromatic rings. The van der Waals surface area contributed by atoms with Crippen molar-refractivity contribution in [3.63, 3.8) is 0 Å². The van der Waals surface area contributed by atoms with Gasteiger partial charge >= 0.3 is 0 Å². The van der Waals surface area contributed by atoms with E-state index in [0.29, 0.717) is 13.2 Å². The summed E-state index contributed by atoms with van der Waals surface area (Å²) in [6, 6.07) is 0. The first-order chi connectivity index (χ1) is 9.09. The van der Waals surface area contributed by atoms with Gasteiger partial charge in [0.1, 0.15) is 13.2 Å². The van der Waals surface area contributed by atoms with Crippen LogP contribution in [0.15, 0.2) is 22.7 Å². The Hall–Kier alpha value is -0.920. The molecule has 0 aliphatic carbocycles. The lowest BCUT2D eigenvalue weighted by Gasteiger charge is -2.33. The third-order valence-corrected chi connectivity index (χ3v) is 3.93. The number of rotatable bonds is 2. The van der Waals surface area contributed by atoms with Crippen LogP contribution < -0.4 is 0 Å². The van der Waals surface area contributed by atoms with Gasteiger partial charge < -0.3 is 9.47 Å². The summed E-state index contributed by atoms with van der Waals surface area (Å²) in [5, 5.41) is 0. The van der Waals surface area contributed by atoms with Crippen LogP contribution in [0.25, 0.3) is 0 Å². The second kappa shape index (κ2) is 6.24. The van der Waals surface area contributed by atoms with Crippen LogP contribution in [0, 0.1) is 10.8 Å². The maximum absolute atomic E-state index is 6.04. The summed E-state index contributed by atoms with van der Waals surface area (Å²) in [7, 11) is 0. The minimum atomic E-state index is 0.0937. The molecule has 0 unspecified atom stereocenters. The van der Waals surface area contributed by atoms with Crippen LogP contribution in [0.4, 0.5) is 0 Å². The predicted octanol–water partition coefficient (Wildman–Crippen LogP) is 5.45. The van der Waals surface area contributed by atoms with Gasteiger partial charge in [0.15, 0.2) is 11.5 Å². The molecule has 1 aliphatic rings. The van der Waals surface area contributed by atoms with Crippen molar-refractivity contribution in [1.82, 2.24) is 0 Å². The highest BCUT2D eigenvalue weighted by atomic mass is 16.6. The zero-order valence-corrected chi connectivity index (χ0v) is 14.6. The van der Waals surface area contributed by atoms with Crippen LogP contribution in [0.1, 0.15) is 68.2 Å². The van der Waals surface area contributed by atoms with Gasteiger partial charge in [-0.3, -0.25) is 0 Å². The van der Waals surface area contributed by atoms with Gasteiger partial charge in [0.2, 0.25) is 0 Å². The molecule has 1 rings (SSSR count). The molecule has 1 fully saturated rings. The molecule has 0 aromatic heterocycles. The van der Waals surface area contributed by atoms with Gasteiger partial charge in [0.05, 0.1) is 0 Å². The van der Waals surface area contributed by atoms with Crippen LogP contribution in [0.3, 0.4) is 0 Å². The van der Waals surface area contributed by atoms with Crippen molar-refractivity contribution in [2.45, 2.75) is 68.2 Å². The molecule has 2 heteroatoms. The minimum absolute atomic E-state index is 0.0937. The van der Waals surface area contributed by atoms with Crippen molar-refractivity contribution in [1.29, 1.82) is 0 Å². The number of hydrogen-bond acceptors (Lipinski definition) is 2. The fraction of sp³-hybridized carbons (Fsp3) is 0.778. The van der Waals surface area contributed by atoms with Crippen molar-refractivity contribution in [3.8, 4) is 0 Å². The van der Waals surface area contributed by atoms with Crippen molar-refractivity contribution >= 4 is 0 Å². The second-order valence-corrected chi connectivity index (χ2v) is 7.71. The van der Waals surface area contributed by atoms with Gasteiger partial charge in [0, 0.05) is 0 Å². The second-order valence-electron chi connectivity index (χ2n) is 7.71. The molecule has 0 aromatic carbocycles. The Morgan fingerprint density at radius 2 is 1.40 bits per heavy atom. The Bertz CT molecular complexity index is 400. The molecule has 1 aliphatic heterocycles. The summed E-state index contributed by atoms with van der Waals surface area (Å²) in [5.41, 5.74) is 2.84. The highest BCUT2D eigenvalue weighted by molar-refractivity contribution is 5.35. The molecule has 0 atom stereocenters. The number of hydrogen-bond donors (Lipinski definition) is 0. The fourth-order valence-electron chi connectivity index (χ4n) is 2.34. The van der Waals surface area contributed by atoms with E-state index >= 15 is 0 Å². The fourth-order valence-corrected chi connectivity index (χ4v) is 2.34. The Morgan fingerprint density at radius 3 is 1.80 bits per heavy atom. The molecular weight excluding hydrogens is 248 g/mol. The maximum Gasteiger partial charge on any atom is 0.161 e. The average Bonchev–Trinajstić information content (AvgIpc) is 2.32. The van der Waals surface area contributed by atoms with E-state index in [1.54, 1.807) is 0 Å². The first kappa shape index (κ1) is 17.1. The first-order valence-electron chi connectivity index (χ1n) is 7.80. The smallest absolute Gasteiger partial charge is 0.161 e. The molecule has 0 radical (unpaired) electrons. The van der Waals surface area contributed by atoms with Crippen LogP contribution in [0.2, 0.25) is 0 Å². The summed E-state index contributed by atoms with van der Waals surface area (Å²) < 4.78 is 12.0. The van der Waals surface area contributed by atoms with E-state index < -0.39 is 0 Å². The van der Waals surface area contributed by atoms with Crippen molar-refractivity contribution in [3.05, 3.63) is 22.7 Å². The van der Waals surface area contributed by atoms with Gasteiger partial charge in [-0.15, -0.1) is 0 Å². The van der Waals surface area contributed by atoms with Gasteiger partial charge in [0.25, 0.3) is 0 Å². The van der Waals surface area contributed by atoms with E-state index in [-0.39, 0.29) is 10.8 Å². The predicted molar refractivity (Wildman–Crippen MR) is 85.4 cm³/mol. The summed E-state index contributed by atoms with van der Waals surface area (Å²) >= 11 is 0. The average molecular weight is 280 g/mol. The van der Waals surface area contributed by atoms with E-state index in [1.807, 2.05) is 0 Å². The lowest BCUT2D eigenvalue weighted by molar-refractivity contribution is 0.0503. The summed E-state index contributed by atoms with van der Waals surface area (Å²) in [6.07, 6.45) is 2.18. The molecular formula is C18H32O2. The molecule has 0 bridgehead atoms. The van der Waals surface area contributed by atoms with Crippen LogP contribution >= 0.6 is 0 Å². The Labute approximate surface area is 125 Å². The van der Waals surface area contributed by atoms with E-state index in [9.17, 15) is 0 Å². The highest BCUT2D eigenvalue weighted by Crippen LogP contribution is 2.40. The third-order valence-electron chi connectivity index (χ3n) is 3.93. The minimum Gasteiger partial charge on any atom is -0.486 e. The van der Waals surface area contributed by atoms with Crippen molar-refractivity contribution in [2.75, 3.05) is 13.2 Å². The Kier molecular flexibility index (Phi) is 5.34. The van der Waals surface area contributed by atoms with Crippen LogP contribution in [-0.4, -0.2) is 13.2 Å². The molecule has 2 nitrogen and oxygen atoms in total. The van der Waals surface area contributed by atoms with E-state index in [2.05, 4.69) is 55.4 Å². The van der Waals surface area contributed by atoms with E-state index in [4.69, 9.17) is 9.47 Å². The molecule has 0 spiro atoms. The number of allylic oxidation sites excluding steroid dienone is 2. The lowest BCUT2D eigenvalue weighted by Crippen LogP contribution is -2.24. The standard InChI is InChI=1S/C18H32O2/c1-9-10-14(18(6,7)8)16-15(19-11-12-20-16)13(2)17(3,4)5/h9-12H2,1-8H3/b15-13-,16-14-. The monoisotopic (exact) mass is 280 g/mol. The van der Waals surface area contributed by atoms with Gasteiger partial charge in [-0.1, -0.05) is 54.9 Å². The molecule has 0 amide bonds. The molecule has 1 heterocycles. The Balaban J connectivity index is 3.42. The SMILES string of the molecule is CCC/C(=C1/OCCO/C1=C(/C)C(C)(C)C)C(C)(C)C. The topological polar surface area (TPSA) is 18.5 Å². The van der Waals surface area contributed by atoms with Gasteiger partial charge in [-0.2, -0.15) is 0 Å². The zero-order valence-electron chi connectivity index (χ0n) is 14.6. The Morgan fingerprint density at radius 1 is 0.900 bits per heavy atom. The van der Waals surface area contributed by atoms with Crippen molar-refractivity contribution < 1.29 is 9.47 Å². The lowest BCUT2D eigenvalue weighted by atomic mass is 9.80. The summed E-state index contributed by atoms with van der Waals surface area (Å²) in [5.74, 6) is 1.97. The summed E-state index contributed by atoms with van der Waals surface area (Å²) in [4.78, 5) is 0. The number of ether oxygens (including phenoxy) is 2. The van der Waals surface area contributed by atoms with Gasteiger partial charge in [-0.05, 0) is 35.3 Å². The summed E-state index contributed by atoms with van der Waals surface area (Å²) in [6.45, 7) is 19.1. The van der Waals surface area contributed by atoms with Crippen LogP contribution in [-0.2, 0) is 9.47 Å². The quantitative estimate of drug-likeness (QED) is 0.669.